The second kappa shape index (κ2) is 5.74. The summed E-state index contributed by atoms with van der Waals surface area (Å²) in [5.41, 5.74) is 1.93. The molecule has 3 rings (SSSR count). The van der Waals surface area contributed by atoms with Crippen LogP contribution in [0.1, 0.15) is 5.56 Å². The lowest BCUT2D eigenvalue weighted by molar-refractivity contribution is 0.246. The Hall–Kier alpha value is -1.07. The number of ether oxygens (including phenoxy) is 1. The van der Waals surface area contributed by atoms with Crippen LogP contribution in [0.4, 0.5) is 10.1 Å². The number of benzene rings is 2. The Morgan fingerprint density at radius 3 is 2.70 bits per heavy atom. The summed E-state index contributed by atoms with van der Waals surface area (Å²) in [7, 11) is 0. The van der Waals surface area contributed by atoms with Crippen LogP contribution >= 0.6 is 31.9 Å². The van der Waals surface area contributed by atoms with E-state index in [0.29, 0.717) is 6.54 Å². The van der Waals surface area contributed by atoms with Gasteiger partial charge in [-0.25, -0.2) is 4.39 Å². The molecule has 1 aliphatic heterocycles. The summed E-state index contributed by atoms with van der Waals surface area (Å²) >= 11 is 7.02. The first-order chi connectivity index (χ1) is 9.63. The molecule has 2 aromatic carbocycles. The minimum Gasteiger partial charge on any atom is -0.488 e. The van der Waals surface area contributed by atoms with Crippen molar-refractivity contribution in [2.75, 3.05) is 11.9 Å². The van der Waals surface area contributed by atoms with Gasteiger partial charge in [-0.2, -0.15) is 0 Å². The molecule has 0 aliphatic carbocycles. The van der Waals surface area contributed by atoms with Crippen molar-refractivity contribution in [3.8, 4) is 5.75 Å². The molecule has 0 amide bonds. The Balaban J connectivity index is 1.67. The molecule has 1 N–H and O–H groups in total. The van der Waals surface area contributed by atoms with E-state index in [1.165, 1.54) is 6.07 Å². The molecule has 5 heteroatoms. The lowest BCUT2D eigenvalue weighted by atomic mass is 10.1. The number of rotatable bonds is 3. The van der Waals surface area contributed by atoms with E-state index in [9.17, 15) is 4.39 Å². The number of anilines is 1. The second-order valence-corrected chi connectivity index (χ2v) is 6.38. The van der Waals surface area contributed by atoms with Crippen molar-refractivity contribution in [1.82, 2.24) is 0 Å². The van der Waals surface area contributed by atoms with Crippen LogP contribution in [0.15, 0.2) is 45.3 Å². The Labute approximate surface area is 133 Å². The van der Waals surface area contributed by atoms with Gasteiger partial charge in [0, 0.05) is 20.9 Å². The topological polar surface area (TPSA) is 21.3 Å². The van der Waals surface area contributed by atoms with Crippen LogP contribution in [0.25, 0.3) is 0 Å². The number of halogens is 3. The SMILES string of the molecule is Fc1ccc2c(c1)CC(CNc1c(Br)cccc1Br)O2. The summed E-state index contributed by atoms with van der Waals surface area (Å²) in [6.07, 6.45) is 0.744. The van der Waals surface area contributed by atoms with Crippen LogP contribution in [0, 0.1) is 5.82 Å². The summed E-state index contributed by atoms with van der Waals surface area (Å²) < 4.78 is 21.0. The molecule has 2 nitrogen and oxygen atoms in total. The van der Waals surface area contributed by atoms with Crippen molar-refractivity contribution < 1.29 is 9.13 Å². The van der Waals surface area contributed by atoms with Gasteiger partial charge in [0.15, 0.2) is 0 Å². The maximum Gasteiger partial charge on any atom is 0.123 e. The van der Waals surface area contributed by atoms with Crippen molar-refractivity contribution in [3.63, 3.8) is 0 Å². The van der Waals surface area contributed by atoms with Gasteiger partial charge in [-0.1, -0.05) is 6.07 Å². The fourth-order valence-corrected chi connectivity index (χ4v) is 3.56. The van der Waals surface area contributed by atoms with Crippen LogP contribution in [-0.4, -0.2) is 12.6 Å². The smallest absolute Gasteiger partial charge is 0.123 e. The number of fused-ring (bicyclic) bond motifs is 1. The third-order valence-corrected chi connectivity index (χ3v) is 4.55. The molecule has 0 radical (unpaired) electrons. The normalized spacial score (nSPS) is 16.6. The highest BCUT2D eigenvalue weighted by Crippen LogP contribution is 2.32. The van der Waals surface area contributed by atoms with Crippen molar-refractivity contribution in [3.05, 3.63) is 56.7 Å². The summed E-state index contributed by atoms with van der Waals surface area (Å²) in [5.74, 6) is 0.568. The molecule has 0 saturated heterocycles. The third kappa shape index (κ3) is 2.83. The fourth-order valence-electron chi connectivity index (χ4n) is 2.29. The van der Waals surface area contributed by atoms with Crippen molar-refractivity contribution in [1.29, 1.82) is 0 Å². The lowest BCUT2D eigenvalue weighted by Gasteiger charge is -2.15. The van der Waals surface area contributed by atoms with Crippen LogP contribution in [-0.2, 0) is 6.42 Å². The largest absolute Gasteiger partial charge is 0.488 e. The molecule has 0 spiro atoms. The third-order valence-electron chi connectivity index (χ3n) is 3.23. The van der Waals surface area contributed by atoms with E-state index in [2.05, 4.69) is 37.2 Å². The summed E-state index contributed by atoms with van der Waals surface area (Å²) in [5, 5.41) is 3.36. The van der Waals surface area contributed by atoms with E-state index in [4.69, 9.17) is 4.74 Å². The standard InChI is InChI=1S/C15H12Br2FNO/c16-12-2-1-3-13(17)15(12)19-8-11-7-9-6-10(18)4-5-14(9)20-11/h1-6,11,19H,7-8H2. The molecule has 1 unspecified atom stereocenters. The highest BCUT2D eigenvalue weighted by atomic mass is 79.9. The van der Waals surface area contributed by atoms with E-state index < -0.39 is 0 Å². The molecular weight excluding hydrogens is 389 g/mol. The summed E-state index contributed by atoms with van der Waals surface area (Å²) in [4.78, 5) is 0. The maximum atomic E-state index is 13.2. The predicted molar refractivity (Wildman–Crippen MR) is 84.9 cm³/mol. The van der Waals surface area contributed by atoms with Crippen LogP contribution in [0.5, 0.6) is 5.75 Å². The van der Waals surface area contributed by atoms with Crippen LogP contribution in [0.2, 0.25) is 0 Å². The van der Waals surface area contributed by atoms with E-state index in [1.54, 1.807) is 12.1 Å². The van der Waals surface area contributed by atoms with E-state index in [0.717, 1.165) is 32.4 Å². The van der Waals surface area contributed by atoms with Gasteiger partial charge in [-0.3, -0.25) is 0 Å². The Kier molecular flexibility index (Phi) is 3.98. The summed E-state index contributed by atoms with van der Waals surface area (Å²) in [6.45, 7) is 0.664. The molecule has 20 heavy (non-hydrogen) atoms. The van der Waals surface area contributed by atoms with Gasteiger partial charge in [0.05, 0.1) is 12.2 Å². The molecular formula is C15H12Br2FNO. The highest BCUT2D eigenvalue weighted by molar-refractivity contribution is 9.11. The van der Waals surface area contributed by atoms with Gasteiger partial charge in [-0.15, -0.1) is 0 Å². The van der Waals surface area contributed by atoms with Gasteiger partial charge in [0.25, 0.3) is 0 Å². The van der Waals surface area contributed by atoms with Crippen LogP contribution < -0.4 is 10.1 Å². The van der Waals surface area contributed by atoms with E-state index in [1.807, 2.05) is 18.2 Å². The van der Waals surface area contributed by atoms with Gasteiger partial charge < -0.3 is 10.1 Å². The molecule has 104 valence electrons. The number of para-hydroxylation sites is 1. The second-order valence-electron chi connectivity index (χ2n) is 4.67. The maximum absolute atomic E-state index is 13.2. The zero-order valence-corrected chi connectivity index (χ0v) is 13.7. The zero-order chi connectivity index (χ0) is 14.1. The van der Waals surface area contributed by atoms with E-state index >= 15 is 0 Å². The fraction of sp³-hybridized carbons (Fsp3) is 0.200. The highest BCUT2D eigenvalue weighted by Gasteiger charge is 2.23. The molecule has 1 aliphatic rings. The monoisotopic (exact) mass is 399 g/mol. The molecule has 1 atom stereocenters. The lowest BCUT2D eigenvalue weighted by Crippen LogP contribution is -2.24. The minimum absolute atomic E-state index is 0.0193. The zero-order valence-electron chi connectivity index (χ0n) is 10.5. The van der Waals surface area contributed by atoms with Gasteiger partial charge >= 0.3 is 0 Å². The van der Waals surface area contributed by atoms with Gasteiger partial charge in [0.2, 0.25) is 0 Å². The molecule has 0 fully saturated rings. The first-order valence-corrected chi connectivity index (χ1v) is 7.85. The Morgan fingerprint density at radius 1 is 1.20 bits per heavy atom. The first kappa shape index (κ1) is 13.9. The first-order valence-electron chi connectivity index (χ1n) is 6.26. The average Bonchev–Trinajstić information content (AvgIpc) is 2.80. The molecule has 0 bridgehead atoms. The minimum atomic E-state index is -0.213. The Bertz CT molecular complexity index is 628. The van der Waals surface area contributed by atoms with Crippen molar-refractivity contribution >= 4 is 37.5 Å². The van der Waals surface area contributed by atoms with E-state index in [-0.39, 0.29) is 11.9 Å². The predicted octanol–water partition coefficient (Wildman–Crippen LogP) is 4.77. The quantitative estimate of drug-likeness (QED) is 0.801. The van der Waals surface area contributed by atoms with Crippen LogP contribution in [0.3, 0.4) is 0 Å². The van der Waals surface area contributed by atoms with Gasteiger partial charge in [-0.05, 0) is 62.2 Å². The summed E-state index contributed by atoms with van der Waals surface area (Å²) in [6, 6.07) is 10.6. The van der Waals surface area contributed by atoms with Gasteiger partial charge in [0.1, 0.15) is 17.7 Å². The molecule has 1 heterocycles. The van der Waals surface area contributed by atoms with Crippen molar-refractivity contribution in [2.24, 2.45) is 0 Å². The van der Waals surface area contributed by atoms with Crippen molar-refractivity contribution in [2.45, 2.75) is 12.5 Å². The average molecular weight is 401 g/mol. The molecule has 0 saturated carbocycles. The molecule has 0 aromatic heterocycles. The molecule has 2 aromatic rings. The number of nitrogens with one attached hydrogen (secondary N) is 1. The Morgan fingerprint density at radius 2 is 1.95 bits per heavy atom. The number of hydrogen-bond donors (Lipinski definition) is 1. The number of hydrogen-bond acceptors (Lipinski definition) is 2.